The maximum atomic E-state index is 11.2. The number of hydrogen-bond donors (Lipinski definition) is 2. The summed E-state index contributed by atoms with van der Waals surface area (Å²) in [6, 6.07) is 6.07. The molecule has 1 heterocycles. The Bertz CT molecular complexity index is 457. The summed E-state index contributed by atoms with van der Waals surface area (Å²) in [6.07, 6.45) is 1.78. The van der Waals surface area contributed by atoms with Gasteiger partial charge in [-0.05, 0) is 18.2 Å². The highest BCUT2D eigenvalue weighted by Crippen LogP contribution is 2.22. The van der Waals surface area contributed by atoms with Crippen molar-refractivity contribution in [2.75, 3.05) is 20.2 Å². The predicted molar refractivity (Wildman–Crippen MR) is 77.0 cm³/mol. The fourth-order valence-corrected chi connectivity index (χ4v) is 3.05. The van der Waals surface area contributed by atoms with Crippen LogP contribution < -0.4 is 15.4 Å². The largest absolute Gasteiger partial charge is 0.496 e. The van der Waals surface area contributed by atoms with Gasteiger partial charge in [-0.15, -0.1) is 0 Å². The molecule has 1 saturated heterocycles. The van der Waals surface area contributed by atoms with E-state index in [-0.39, 0.29) is 11.8 Å². The van der Waals surface area contributed by atoms with Crippen molar-refractivity contribution in [3.63, 3.8) is 0 Å². The fraction of sp³-hybridized carbons (Fsp3) is 0.500. The quantitative estimate of drug-likeness (QED) is 0.857. The maximum Gasteiger partial charge on any atom is 0.220 e. The van der Waals surface area contributed by atoms with Crippen LogP contribution >= 0.6 is 15.9 Å². The molecule has 3 N–H and O–H groups in total. The molecule has 0 aliphatic carbocycles. The number of halogens is 1. The number of piperidine rings is 1. The number of likely N-dealkylation sites (tertiary alicyclic amines) is 1. The second kappa shape index (κ2) is 6.39. The van der Waals surface area contributed by atoms with Crippen molar-refractivity contribution in [1.29, 1.82) is 0 Å². The number of nitrogens with one attached hydrogen (secondary N) is 1. The van der Waals surface area contributed by atoms with Gasteiger partial charge in [-0.2, -0.15) is 0 Å². The number of rotatable bonds is 4. The van der Waals surface area contributed by atoms with Crippen LogP contribution in [0.25, 0.3) is 0 Å². The summed E-state index contributed by atoms with van der Waals surface area (Å²) in [5.74, 6) is 0.833. The minimum absolute atomic E-state index is 0.0631. The average Bonchev–Trinajstić information content (AvgIpc) is 2.39. The van der Waals surface area contributed by atoms with Gasteiger partial charge in [0.05, 0.1) is 20.2 Å². The number of quaternary nitrogens is 1. The SMILES string of the molecule is COc1ccc(Br)cc1C[NH+]1CCC(C(N)=O)CC1. The minimum atomic E-state index is -0.154. The number of primary amides is 1. The van der Waals surface area contributed by atoms with E-state index in [2.05, 4.69) is 22.0 Å². The topological polar surface area (TPSA) is 56.8 Å². The highest BCUT2D eigenvalue weighted by molar-refractivity contribution is 9.10. The molecular weight excluding hydrogens is 308 g/mol. The van der Waals surface area contributed by atoms with E-state index in [1.807, 2.05) is 12.1 Å². The number of carbonyl (C=O) groups is 1. The molecule has 4 nitrogen and oxygen atoms in total. The number of benzene rings is 1. The van der Waals surface area contributed by atoms with E-state index in [1.165, 1.54) is 10.5 Å². The summed E-state index contributed by atoms with van der Waals surface area (Å²) in [4.78, 5) is 12.6. The molecule has 1 aromatic rings. The van der Waals surface area contributed by atoms with Crippen molar-refractivity contribution in [3.05, 3.63) is 28.2 Å². The smallest absolute Gasteiger partial charge is 0.220 e. The van der Waals surface area contributed by atoms with Gasteiger partial charge in [-0.25, -0.2) is 0 Å². The average molecular weight is 328 g/mol. The van der Waals surface area contributed by atoms with E-state index in [4.69, 9.17) is 10.5 Å². The van der Waals surface area contributed by atoms with Gasteiger partial charge in [0, 0.05) is 28.8 Å². The van der Waals surface area contributed by atoms with Gasteiger partial charge < -0.3 is 15.4 Å². The molecule has 0 bridgehead atoms. The first-order chi connectivity index (χ1) is 9.10. The van der Waals surface area contributed by atoms with E-state index in [0.29, 0.717) is 0 Å². The first-order valence-electron chi connectivity index (χ1n) is 6.55. The van der Waals surface area contributed by atoms with Crippen molar-refractivity contribution < 1.29 is 14.4 Å². The standard InChI is InChI=1S/C14H19BrN2O2/c1-19-13-3-2-12(15)8-11(13)9-17-6-4-10(5-7-17)14(16)18/h2-3,8,10H,4-7,9H2,1H3,(H2,16,18)/p+1. The Kier molecular flexibility index (Phi) is 4.82. The highest BCUT2D eigenvalue weighted by atomic mass is 79.9. The third kappa shape index (κ3) is 3.70. The lowest BCUT2D eigenvalue weighted by atomic mass is 9.96. The highest BCUT2D eigenvalue weighted by Gasteiger charge is 2.26. The number of amides is 1. The molecule has 1 fully saturated rings. The Hall–Kier alpha value is -1.07. The van der Waals surface area contributed by atoms with E-state index in [0.717, 1.165) is 42.7 Å². The molecule has 0 spiro atoms. The molecule has 2 rings (SSSR count). The van der Waals surface area contributed by atoms with Crippen molar-refractivity contribution in [3.8, 4) is 5.75 Å². The number of carbonyl (C=O) groups excluding carboxylic acids is 1. The lowest BCUT2D eigenvalue weighted by Crippen LogP contribution is -3.11. The number of methoxy groups -OCH3 is 1. The van der Waals surface area contributed by atoms with Crippen LogP contribution in [0.4, 0.5) is 0 Å². The summed E-state index contributed by atoms with van der Waals surface area (Å²) < 4.78 is 6.46. The molecule has 104 valence electrons. The van der Waals surface area contributed by atoms with Crippen molar-refractivity contribution in [2.24, 2.45) is 11.7 Å². The maximum absolute atomic E-state index is 11.2. The van der Waals surface area contributed by atoms with Gasteiger partial charge in [0.1, 0.15) is 12.3 Å². The van der Waals surface area contributed by atoms with E-state index >= 15 is 0 Å². The first kappa shape index (κ1) is 14.3. The van der Waals surface area contributed by atoms with Crippen LogP contribution in [-0.4, -0.2) is 26.1 Å². The van der Waals surface area contributed by atoms with E-state index in [1.54, 1.807) is 7.11 Å². The van der Waals surface area contributed by atoms with Gasteiger partial charge in [-0.1, -0.05) is 15.9 Å². The van der Waals surface area contributed by atoms with Crippen LogP contribution in [0.2, 0.25) is 0 Å². The summed E-state index contributed by atoms with van der Waals surface area (Å²) in [5.41, 5.74) is 6.55. The Labute approximate surface area is 122 Å². The zero-order valence-electron chi connectivity index (χ0n) is 11.1. The first-order valence-corrected chi connectivity index (χ1v) is 7.34. The Balaban J connectivity index is 1.99. The van der Waals surface area contributed by atoms with E-state index in [9.17, 15) is 4.79 Å². The lowest BCUT2D eigenvalue weighted by Gasteiger charge is -2.28. The molecular formula is C14H20BrN2O2+. The van der Waals surface area contributed by atoms with E-state index < -0.39 is 0 Å². The summed E-state index contributed by atoms with van der Waals surface area (Å²) in [7, 11) is 1.70. The molecule has 5 heteroatoms. The van der Waals surface area contributed by atoms with Gasteiger partial charge >= 0.3 is 0 Å². The Morgan fingerprint density at radius 1 is 1.47 bits per heavy atom. The van der Waals surface area contributed by atoms with Crippen LogP contribution in [0, 0.1) is 5.92 Å². The van der Waals surface area contributed by atoms with Gasteiger partial charge in [0.25, 0.3) is 0 Å². The fourth-order valence-electron chi connectivity index (χ4n) is 2.64. The van der Waals surface area contributed by atoms with Crippen LogP contribution in [-0.2, 0) is 11.3 Å². The Morgan fingerprint density at radius 2 is 2.16 bits per heavy atom. The normalized spacial score (nSPS) is 23.1. The van der Waals surface area contributed by atoms with Crippen molar-refractivity contribution in [2.45, 2.75) is 19.4 Å². The number of ether oxygens (including phenoxy) is 1. The van der Waals surface area contributed by atoms with Crippen LogP contribution in [0.1, 0.15) is 18.4 Å². The van der Waals surface area contributed by atoms with Crippen LogP contribution in [0.3, 0.4) is 0 Å². The third-order valence-corrected chi connectivity index (χ3v) is 4.27. The summed E-state index contributed by atoms with van der Waals surface area (Å²) >= 11 is 3.49. The molecule has 1 aliphatic heterocycles. The van der Waals surface area contributed by atoms with Crippen LogP contribution in [0.15, 0.2) is 22.7 Å². The molecule has 1 aromatic carbocycles. The van der Waals surface area contributed by atoms with Gasteiger partial charge in [0.15, 0.2) is 0 Å². The monoisotopic (exact) mass is 327 g/mol. The molecule has 0 saturated carbocycles. The molecule has 0 atom stereocenters. The molecule has 0 aromatic heterocycles. The van der Waals surface area contributed by atoms with Crippen LogP contribution in [0.5, 0.6) is 5.75 Å². The second-order valence-corrected chi connectivity index (χ2v) is 5.98. The molecule has 0 unspecified atom stereocenters. The Morgan fingerprint density at radius 3 is 2.74 bits per heavy atom. The molecule has 1 amide bonds. The third-order valence-electron chi connectivity index (χ3n) is 3.78. The lowest BCUT2D eigenvalue weighted by molar-refractivity contribution is -0.919. The number of nitrogens with two attached hydrogens (primary N) is 1. The molecule has 0 radical (unpaired) electrons. The summed E-state index contributed by atoms with van der Waals surface area (Å²) in [6.45, 7) is 2.90. The molecule has 1 aliphatic rings. The predicted octanol–water partition coefficient (Wildman–Crippen LogP) is 0.738. The summed E-state index contributed by atoms with van der Waals surface area (Å²) in [5, 5.41) is 0. The zero-order valence-corrected chi connectivity index (χ0v) is 12.7. The number of hydrogen-bond acceptors (Lipinski definition) is 2. The second-order valence-electron chi connectivity index (χ2n) is 5.06. The zero-order chi connectivity index (χ0) is 13.8. The van der Waals surface area contributed by atoms with Gasteiger partial charge in [-0.3, -0.25) is 4.79 Å². The molecule has 19 heavy (non-hydrogen) atoms. The van der Waals surface area contributed by atoms with Crippen molar-refractivity contribution >= 4 is 21.8 Å². The van der Waals surface area contributed by atoms with Crippen molar-refractivity contribution in [1.82, 2.24) is 0 Å². The van der Waals surface area contributed by atoms with Gasteiger partial charge in [0.2, 0.25) is 5.91 Å². The minimum Gasteiger partial charge on any atom is -0.496 e.